The quantitative estimate of drug-likeness (QED) is 0.539. The van der Waals surface area contributed by atoms with Crippen molar-refractivity contribution < 1.29 is 4.74 Å². The molecular weight excluding hydrogens is 332 g/mol. The third-order valence-corrected chi connectivity index (χ3v) is 4.59. The van der Waals surface area contributed by atoms with E-state index in [4.69, 9.17) is 4.74 Å². The second kappa shape index (κ2) is 10.5. The van der Waals surface area contributed by atoms with Crippen LogP contribution in [0.25, 0.3) is 0 Å². The summed E-state index contributed by atoms with van der Waals surface area (Å²) in [7, 11) is 1.70. The summed E-state index contributed by atoms with van der Waals surface area (Å²) >= 11 is 0. The zero-order chi connectivity index (χ0) is 18.7. The molecule has 3 aromatic carbocycles. The van der Waals surface area contributed by atoms with Crippen LogP contribution in [-0.2, 0) is 19.6 Å². The van der Waals surface area contributed by atoms with E-state index in [-0.39, 0.29) is 0 Å². The van der Waals surface area contributed by atoms with Crippen LogP contribution in [0.2, 0.25) is 0 Å². The molecule has 0 spiro atoms. The lowest BCUT2D eigenvalue weighted by molar-refractivity contribution is 0.256. The van der Waals surface area contributed by atoms with Crippen molar-refractivity contribution in [3.05, 3.63) is 102 Å². The average Bonchev–Trinajstić information content (AvgIpc) is 2.73. The summed E-state index contributed by atoms with van der Waals surface area (Å²) in [4.78, 5) is 2.48. The van der Waals surface area contributed by atoms with E-state index in [9.17, 15) is 0 Å². The molecule has 3 aromatic rings. The molecule has 0 heterocycles. The highest BCUT2D eigenvalue weighted by molar-refractivity contribution is 5.27. The van der Waals surface area contributed by atoms with E-state index in [0.717, 1.165) is 38.5 Å². The third-order valence-electron chi connectivity index (χ3n) is 4.59. The van der Waals surface area contributed by atoms with Crippen LogP contribution in [-0.4, -0.2) is 25.1 Å². The minimum atomic E-state index is 0.901. The number of methoxy groups -OCH3 is 1. The van der Waals surface area contributed by atoms with E-state index in [1.165, 1.54) is 16.7 Å². The first-order valence-corrected chi connectivity index (χ1v) is 9.47. The van der Waals surface area contributed by atoms with Gasteiger partial charge in [0, 0.05) is 32.7 Å². The molecule has 0 aromatic heterocycles. The van der Waals surface area contributed by atoms with Gasteiger partial charge in [-0.05, 0) is 28.8 Å². The van der Waals surface area contributed by atoms with E-state index < -0.39 is 0 Å². The molecule has 0 unspecified atom stereocenters. The van der Waals surface area contributed by atoms with Gasteiger partial charge in [-0.3, -0.25) is 4.90 Å². The molecule has 3 rings (SSSR count). The van der Waals surface area contributed by atoms with Crippen molar-refractivity contribution >= 4 is 0 Å². The van der Waals surface area contributed by atoms with Gasteiger partial charge in [0.2, 0.25) is 0 Å². The number of nitrogens with one attached hydrogen (secondary N) is 1. The Morgan fingerprint density at radius 3 is 1.85 bits per heavy atom. The minimum Gasteiger partial charge on any atom is -0.497 e. The summed E-state index contributed by atoms with van der Waals surface area (Å²) in [5.74, 6) is 0.901. The largest absolute Gasteiger partial charge is 0.497 e. The summed E-state index contributed by atoms with van der Waals surface area (Å²) < 4.78 is 5.27. The molecule has 0 saturated carbocycles. The third kappa shape index (κ3) is 6.55. The van der Waals surface area contributed by atoms with Crippen LogP contribution in [0.15, 0.2) is 84.9 Å². The SMILES string of the molecule is COc1ccc(CN(CCNCc2ccccc2)Cc2ccccc2)cc1. The molecule has 140 valence electrons. The smallest absolute Gasteiger partial charge is 0.118 e. The van der Waals surface area contributed by atoms with Crippen molar-refractivity contribution in [2.24, 2.45) is 0 Å². The highest BCUT2D eigenvalue weighted by Gasteiger charge is 2.07. The lowest BCUT2D eigenvalue weighted by Gasteiger charge is -2.23. The van der Waals surface area contributed by atoms with Crippen molar-refractivity contribution in [2.45, 2.75) is 19.6 Å². The number of ether oxygens (including phenoxy) is 1. The average molecular weight is 361 g/mol. The first-order chi connectivity index (χ1) is 13.3. The zero-order valence-electron chi connectivity index (χ0n) is 16.0. The fourth-order valence-corrected chi connectivity index (χ4v) is 3.11. The van der Waals surface area contributed by atoms with E-state index in [1.807, 2.05) is 12.1 Å². The zero-order valence-corrected chi connectivity index (χ0v) is 16.0. The Bertz CT molecular complexity index is 772. The molecule has 3 nitrogen and oxygen atoms in total. The Kier molecular flexibility index (Phi) is 7.45. The Labute approximate surface area is 162 Å². The summed E-state index contributed by atoms with van der Waals surface area (Å²) in [6.07, 6.45) is 0. The van der Waals surface area contributed by atoms with E-state index in [0.29, 0.717) is 0 Å². The predicted molar refractivity (Wildman–Crippen MR) is 112 cm³/mol. The van der Waals surface area contributed by atoms with Crippen molar-refractivity contribution in [1.82, 2.24) is 10.2 Å². The second-order valence-corrected chi connectivity index (χ2v) is 6.71. The maximum Gasteiger partial charge on any atom is 0.118 e. The van der Waals surface area contributed by atoms with Crippen LogP contribution in [0.1, 0.15) is 16.7 Å². The molecule has 0 aliphatic heterocycles. The lowest BCUT2D eigenvalue weighted by atomic mass is 10.1. The standard InChI is InChI=1S/C24H28N2O/c1-27-24-14-12-23(13-15-24)20-26(19-22-10-6-3-7-11-22)17-16-25-18-21-8-4-2-5-9-21/h2-15,25H,16-20H2,1H3. The van der Waals surface area contributed by atoms with Crippen LogP contribution >= 0.6 is 0 Å². The molecular formula is C24H28N2O. The monoisotopic (exact) mass is 360 g/mol. The normalized spacial score (nSPS) is 10.9. The van der Waals surface area contributed by atoms with Gasteiger partial charge < -0.3 is 10.1 Å². The first-order valence-electron chi connectivity index (χ1n) is 9.47. The molecule has 0 bridgehead atoms. The number of rotatable bonds is 10. The van der Waals surface area contributed by atoms with Gasteiger partial charge in [0.15, 0.2) is 0 Å². The topological polar surface area (TPSA) is 24.5 Å². The maximum absolute atomic E-state index is 5.27. The van der Waals surface area contributed by atoms with Crippen molar-refractivity contribution in [2.75, 3.05) is 20.2 Å². The lowest BCUT2D eigenvalue weighted by Crippen LogP contribution is -2.31. The van der Waals surface area contributed by atoms with Crippen LogP contribution < -0.4 is 10.1 Å². The predicted octanol–water partition coefficient (Wildman–Crippen LogP) is 4.49. The highest BCUT2D eigenvalue weighted by Crippen LogP contribution is 2.14. The van der Waals surface area contributed by atoms with E-state index in [1.54, 1.807) is 7.11 Å². The first kappa shape index (κ1) is 19.2. The van der Waals surface area contributed by atoms with E-state index >= 15 is 0 Å². The Morgan fingerprint density at radius 2 is 1.26 bits per heavy atom. The summed E-state index contributed by atoms with van der Waals surface area (Å²) in [5, 5.41) is 3.56. The van der Waals surface area contributed by atoms with E-state index in [2.05, 4.69) is 83.0 Å². The van der Waals surface area contributed by atoms with Gasteiger partial charge in [-0.25, -0.2) is 0 Å². The van der Waals surface area contributed by atoms with Gasteiger partial charge in [0.25, 0.3) is 0 Å². The highest BCUT2D eigenvalue weighted by atomic mass is 16.5. The molecule has 0 aliphatic carbocycles. The van der Waals surface area contributed by atoms with Gasteiger partial charge in [-0.15, -0.1) is 0 Å². The van der Waals surface area contributed by atoms with Gasteiger partial charge in [-0.1, -0.05) is 72.8 Å². The van der Waals surface area contributed by atoms with Gasteiger partial charge in [0.1, 0.15) is 5.75 Å². The number of hydrogen-bond donors (Lipinski definition) is 1. The molecule has 0 atom stereocenters. The Hall–Kier alpha value is -2.62. The van der Waals surface area contributed by atoms with Crippen LogP contribution in [0.5, 0.6) is 5.75 Å². The van der Waals surface area contributed by atoms with Crippen molar-refractivity contribution in [1.29, 1.82) is 0 Å². The van der Waals surface area contributed by atoms with Gasteiger partial charge in [0.05, 0.1) is 7.11 Å². The van der Waals surface area contributed by atoms with Gasteiger partial charge >= 0.3 is 0 Å². The van der Waals surface area contributed by atoms with Crippen LogP contribution in [0, 0.1) is 0 Å². The molecule has 1 N–H and O–H groups in total. The number of benzene rings is 3. The maximum atomic E-state index is 5.27. The summed E-state index contributed by atoms with van der Waals surface area (Å²) in [5.41, 5.74) is 3.96. The molecule has 0 aliphatic rings. The fourth-order valence-electron chi connectivity index (χ4n) is 3.11. The number of nitrogens with zero attached hydrogens (tertiary/aromatic N) is 1. The molecule has 0 radical (unpaired) electrons. The Balaban J connectivity index is 1.56. The molecule has 0 fully saturated rings. The summed E-state index contributed by atoms with van der Waals surface area (Å²) in [6, 6.07) is 29.6. The minimum absolute atomic E-state index is 0.901. The Morgan fingerprint density at radius 1 is 0.704 bits per heavy atom. The van der Waals surface area contributed by atoms with Crippen LogP contribution in [0.4, 0.5) is 0 Å². The van der Waals surface area contributed by atoms with Gasteiger partial charge in [-0.2, -0.15) is 0 Å². The summed E-state index contributed by atoms with van der Waals surface area (Å²) in [6.45, 7) is 4.72. The fraction of sp³-hybridized carbons (Fsp3) is 0.250. The second-order valence-electron chi connectivity index (χ2n) is 6.71. The van der Waals surface area contributed by atoms with Crippen molar-refractivity contribution in [3.8, 4) is 5.75 Å². The number of hydrogen-bond acceptors (Lipinski definition) is 3. The molecule has 0 amide bonds. The van der Waals surface area contributed by atoms with Crippen molar-refractivity contribution in [3.63, 3.8) is 0 Å². The molecule has 27 heavy (non-hydrogen) atoms. The van der Waals surface area contributed by atoms with Crippen LogP contribution in [0.3, 0.4) is 0 Å². The molecule has 0 saturated heterocycles. The molecule has 3 heteroatoms.